The molecule has 0 radical (unpaired) electrons. The highest BCUT2D eigenvalue weighted by Crippen LogP contribution is 2.19. The van der Waals surface area contributed by atoms with Gasteiger partial charge in [-0.3, -0.25) is 4.79 Å². The predicted octanol–water partition coefficient (Wildman–Crippen LogP) is 0.745. The van der Waals surface area contributed by atoms with E-state index >= 15 is 0 Å². The summed E-state index contributed by atoms with van der Waals surface area (Å²) in [5, 5.41) is 8.69. The molecule has 0 spiro atoms. The normalized spacial score (nSPS) is 19.6. The van der Waals surface area contributed by atoms with E-state index in [2.05, 4.69) is 26.1 Å². The standard InChI is InChI=1S/C14H21N5O/c1-12(20)17-8-10-19(11-9-17)14-5-4-13(15-16-14)18-6-2-3-7-18/h4-5H,2-3,6-11H2,1H3. The second kappa shape index (κ2) is 5.64. The van der Waals surface area contributed by atoms with Gasteiger partial charge < -0.3 is 14.7 Å². The van der Waals surface area contributed by atoms with Gasteiger partial charge in [0.15, 0.2) is 11.6 Å². The van der Waals surface area contributed by atoms with Crippen LogP contribution in [0.2, 0.25) is 0 Å². The number of piperazine rings is 1. The number of rotatable bonds is 2. The van der Waals surface area contributed by atoms with Crippen LogP contribution < -0.4 is 9.80 Å². The number of aromatic nitrogens is 2. The molecule has 3 heterocycles. The summed E-state index contributed by atoms with van der Waals surface area (Å²) in [5.41, 5.74) is 0. The molecule has 0 atom stereocenters. The zero-order valence-electron chi connectivity index (χ0n) is 12.0. The second-order valence-corrected chi connectivity index (χ2v) is 5.44. The van der Waals surface area contributed by atoms with Crippen LogP contribution in [0.3, 0.4) is 0 Å². The summed E-state index contributed by atoms with van der Waals surface area (Å²) in [7, 11) is 0. The highest BCUT2D eigenvalue weighted by Gasteiger charge is 2.20. The van der Waals surface area contributed by atoms with Gasteiger partial charge in [0.05, 0.1) is 0 Å². The van der Waals surface area contributed by atoms with Gasteiger partial charge in [-0.15, -0.1) is 10.2 Å². The fourth-order valence-corrected chi connectivity index (χ4v) is 2.85. The lowest BCUT2D eigenvalue weighted by Crippen LogP contribution is -2.48. The van der Waals surface area contributed by atoms with Crippen LogP contribution >= 0.6 is 0 Å². The largest absolute Gasteiger partial charge is 0.355 e. The molecule has 2 aliphatic rings. The first-order valence-electron chi connectivity index (χ1n) is 7.33. The van der Waals surface area contributed by atoms with E-state index in [0.29, 0.717) is 0 Å². The highest BCUT2D eigenvalue weighted by atomic mass is 16.2. The molecular weight excluding hydrogens is 254 g/mol. The van der Waals surface area contributed by atoms with Gasteiger partial charge in [-0.2, -0.15) is 0 Å². The van der Waals surface area contributed by atoms with Crippen LogP contribution in [0.15, 0.2) is 12.1 Å². The molecule has 0 bridgehead atoms. The summed E-state index contributed by atoms with van der Waals surface area (Å²) in [4.78, 5) is 17.7. The van der Waals surface area contributed by atoms with Crippen LogP contribution in [0.1, 0.15) is 19.8 Å². The van der Waals surface area contributed by atoms with Gasteiger partial charge in [-0.05, 0) is 25.0 Å². The molecule has 1 aromatic heterocycles. The van der Waals surface area contributed by atoms with E-state index in [9.17, 15) is 4.79 Å². The minimum Gasteiger partial charge on any atom is -0.355 e. The Hall–Kier alpha value is -1.85. The summed E-state index contributed by atoms with van der Waals surface area (Å²) >= 11 is 0. The molecule has 0 saturated carbocycles. The predicted molar refractivity (Wildman–Crippen MR) is 77.9 cm³/mol. The third-order valence-electron chi connectivity index (χ3n) is 4.12. The van der Waals surface area contributed by atoms with Gasteiger partial charge in [0.25, 0.3) is 0 Å². The first-order valence-corrected chi connectivity index (χ1v) is 7.33. The molecule has 3 rings (SSSR count). The lowest BCUT2D eigenvalue weighted by Gasteiger charge is -2.34. The Balaban J connectivity index is 1.62. The number of hydrogen-bond donors (Lipinski definition) is 0. The third kappa shape index (κ3) is 2.69. The van der Waals surface area contributed by atoms with Crippen molar-refractivity contribution in [3.63, 3.8) is 0 Å². The molecule has 6 nitrogen and oxygen atoms in total. The molecule has 2 fully saturated rings. The molecule has 20 heavy (non-hydrogen) atoms. The molecule has 2 aliphatic heterocycles. The average Bonchev–Trinajstić information content (AvgIpc) is 3.02. The summed E-state index contributed by atoms with van der Waals surface area (Å²) in [6.45, 7) is 7.00. The smallest absolute Gasteiger partial charge is 0.219 e. The second-order valence-electron chi connectivity index (χ2n) is 5.44. The van der Waals surface area contributed by atoms with E-state index in [-0.39, 0.29) is 5.91 Å². The van der Waals surface area contributed by atoms with Crippen molar-refractivity contribution in [2.45, 2.75) is 19.8 Å². The molecule has 0 N–H and O–H groups in total. The van der Waals surface area contributed by atoms with Gasteiger partial charge in [-0.1, -0.05) is 0 Å². The summed E-state index contributed by atoms with van der Waals surface area (Å²) in [5.74, 6) is 2.05. The van der Waals surface area contributed by atoms with E-state index in [0.717, 1.165) is 50.9 Å². The lowest BCUT2D eigenvalue weighted by atomic mass is 10.3. The van der Waals surface area contributed by atoms with Crippen LogP contribution in [0.5, 0.6) is 0 Å². The van der Waals surface area contributed by atoms with E-state index in [4.69, 9.17) is 0 Å². The summed E-state index contributed by atoms with van der Waals surface area (Å²) < 4.78 is 0. The topological polar surface area (TPSA) is 52.6 Å². The quantitative estimate of drug-likeness (QED) is 0.797. The van der Waals surface area contributed by atoms with Crippen molar-refractivity contribution in [2.75, 3.05) is 49.1 Å². The van der Waals surface area contributed by atoms with E-state index in [1.54, 1.807) is 6.92 Å². The SMILES string of the molecule is CC(=O)N1CCN(c2ccc(N3CCCC3)nn2)CC1. The molecule has 1 amide bonds. The molecule has 0 unspecified atom stereocenters. The third-order valence-corrected chi connectivity index (χ3v) is 4.12. The fraction of sp³-hybridized carbons (Fsp3) is 0.643. The Kier molecular flexibility index (Phi) is 3.71. The maximum Gasteiger partial charge on any atom is 0.219 e. The minimum atomic E-state index is 0.153. The first-order chi connectivity index (χ1) is 9.74. The molecular formula is C14H21N5O. The van der Waals surface area contributed by atoms with Crippen molar-refractivity contribution in [2.24, 2.45) is 0 Å². The van der Waals surface area contributed by atoms with Gasteiger partial charge in [-0.25, -0.2) is 0 Å². The summed E-state index contributed by atoms with van der Waals surface area (Å²) in [6.07, 6.45) is 2.49. The van der Waals surface area contributed by atoms with Gasteiger partial charge in [0.2, 0.25) is 5.91 Å². The molecule has 1 aromatic rings. The fourth-order valence-electron chi connectivity index (χ4n) is 2.85. The van der Waals surface area contributed by atoms with Crippen LogP contribution in [0.25, 0.3) is 0 Å². The maximum atomic E-state index is 11.3. The average molecular weight is 275 g/mol. The Morgan fingerprint density at radius 2 is 1.40 bits per heavy atom. The number of hydrogen-bond acceptors (Lipinski definition) is 5. The maximum absolute atomic E-state index is 11.3. The van der Waals surface area contributed by atoms with Crippen molar-refractivity contribution in [3.8, 4) is 0 Å². The van der Waals surface area contributed by atoms with Crippen molar-refractivity contribution in [1.29, 1.82) is 0 Å². The zero-order chi connectivity index (χ0) is 13.9. The van der Waals surface area contributed by atoms with E-state index in [1.807, 2.05) is 11.0 Å². The highest BCUT2D eigenvalue weighted by molar-refractivity contribution is 5.73. The Bertz CT molecular complexity index is 461. The molecule has 108 valence electrons. The zero-order valence-corrected chi connectivity index (χ0v) is 12.0. The Morgan fingerprint density at radius 3 is 1.85 bits per heavy atom. The van der Waals surface area contributed by atoms with Crippen LogP contribution in [0, 0.1) is 0 Å². The number of anilines is 2. The van der Waals surface area contributed by atoms with Crippen LogP contribution in [-0.4, -0.2) is 60.3 Å². The monoisotopic (exact) mass is 275 g/mol. The first kappa shape index (κ1) is 13.1. The summed E-state index contributed by atoms with van der Waals surface area (Å²) in [6, 6.07) is 4.11. The minimum absolute atomic E-state index is 0.153. The number of carbonyl (C=O) groups is 1. The van der Waals surface area contributed by atoms with E-state index in [1.165, 1.54) is 12.8 Å². The molecule has 0 aliphatic carbocycles. The van der Waals surface area contributed by atoms with Crippen molar-refractivity contribution >= 4 is 17.5 Å². The van der Waals surface area contributed by atoms with E-state index < -0.39 is 0 Å². The Labute approximate surface area is 119 Å². The van der Waals surface area contributed by atoms with Crippen LogP contribution in [0.4, 0.5) is 11.6 Å². The van der Waals surface area contributed by atoms with Crippen molar-refractivity contribution < 1.29 is 4.79 Å². The number of carbonyl (C=O) groups excluding carboxylic acids is 1. The molecule has 0 aromatic carbocycles. The van der Waals surface area contributed by atoms with Gasteiger partial charge in [0.1, 0.15) is 0 Å². The lowest BCUT2D eigenvalue weighted by molar-refractivity contribution is -0.129. The van der Waals surface area contributed by atoms with Crippen molar-refractivity contribution in [3.05, 3.63) is 12.1 Å². The molecule has 2 saturated heterocycles. The van der Waals surface area contributed by atoms with Gasteiger partial charge in [0, 0.05) is 46.2 Å². The molecule has 6 heteroatoms. The number of amides is 1. The Morgan fingerprint density at radius 1 is 0.900 bits per heavy atom. The van der Waals surface area contributed by atoms with Crippen LogP contribution in [-0.2, 0) is 4.79 Å². The number of nitrogens with zero attached hydrogens (tertiary/aromatic N) is 5. The van der Waals surface area contributed by atoms with Crippen molar-refractivity contribution in [1.82, 2.24) is 15.1 Å². The van der Waals surface area contributed by atoms with Gasteiger partial charge >= 0.3 is 0 Å².